The molecule has 0 spiro atoms. The van der Waals surface area contributed by atoms with Gasteiger partial charge in [0.05, 0.1) is 12.2 Å². The molecule has 2 aromatic rings. The number of benzene rings is 2. The third kappa shape index (κ3) is 8.11. The van der Waals surface area contributed by atoms with Crippen molar-refractivity contribution in [1.82, 2.24) is 0 Å². The standard InChI is InChI=1S/C23H31BrClF2N3O3Si/c1-14(13-32-34(5,6)22(2,3)4)29-16-11-18(24)20(19(28)12-16)21(31)30-15-7-9-17(10-8-15)33-23(25,26)27/h7-12,14,29H,13,28H2,1-6H3,(H,30,31)/t14-/m1/s1. The molecule has 6 nitrogen and oxygen atoms in total. The van der Waals surface area contributed by atoms with E-state index in [0.717, 1.165) is 5.69 Å². The Hall–Kier alpha value is -1.88. The molecule has 0 aliphatic carbocycles. The van der Waals surface area contributed by atoms with E-state index in [-0.39, 0.29) is 28.1 Å². The van der Waals surface area contributed by atoms with Gasteiger partial charge in [-0.1, -0.05) is 20.8 Å². The maximum atomic E-state index is 12.8. The van der Waals surface area contributed by atoms with Crippen molar-refractivity contribution in [3.63, 3.8) is 0 Å². The van der Waals surface area contributed by atoms with Gasteiger partial charge in [0.15, 0.2) is 8.32 Å². The van der Waals surface area contributed by atoms with Crippen LogP contribution in [0.2, 0.25) is 18.1 Å². The summed E-state index contributed by atoms with van der Waals surface area (Å²) in [5.41, 5.74) is 4.01. The first-order valence-electron chi connectivity index (χ1n) is 10.7. The summed E-state index contributed by atoms with van der Waals surface area (Å²) in [6, 6.07) is 8.85. The van der Waals surface area contributed by atoms with Crippen molar-refractivity contribution in [2.45, 2.75) is 57.4 Å². The molecule has 188 valence electrons. The van der Waals surface area contributed by atoms with E-state index in [4.69, 9.17) is 21.8 Å². The molecule has 0 radical (unpaired) electrons. The summed E-state index contributed by atoms with van der Waals surface area (Å²) < 4.78 is 36.5. The van der Waals surface area contributed by atoms with Gasteiger partial charge >= 0.3 is 5.57 Å². The fraction of sp³-hybridized carbons (Fsp3) is 0.435. The van der Waals surface area contributed by atoms with E-state index in [1.54, 1.807) is 12.1 Å². The molecule has 2 aromatic carbocycles. The molecule has 11 heteroatoms. The van der Waals surface area contributed by atoms with E-state index in [1.807, 2.05) is 6.92 Å². The molecule has 1 amide bonds. The molecule has 0 unspecified atom stereocenters. The van der Waals surface area contributed by atoms with Crippen LogP contribution >= 0.6 is 27.5 Å². The van der Waals surface area contributed by atoms with Gasteiger partial charge in [0.2, 0.25) is 0 Å². The summed E-state index contributed by atoms with van der Waals surface area (Å²) in [6.07, 6.45) is 0. The normalized spacial score (nSPS) is 13.4. The molecule has 2 rings (SSSR count). The number of carbonyl (C=O) groups is 1. The largest absolute Gasteiger partial charge is 0.487 e. The van der Waals surface area contributed by atoms with Crippen LogP contribution in [0.4, 0.5) is 25.8 Å². The van der Waals surface area contributed by atoms with Crippen LogP contribution < -0.4 is 21.1 Å². The highest BCUT2D eigenvalue weighted by Crippen LogP contribution is 2.37. The molecule has 0 saturated heterocycles. The lowest BCUT2D eigenvalue weighted by Gasteiger charge is -2.37. The second kappa shape index (κ2) is 10.8. The highest BCUT2D eigenvalue weighted by atomic mass is 79.9. The molecule has 0 aliphatic heterocycles. The number of hydrogen-bond acceptors (Lipinski definition) is 5. The van der Waals surface area contributed by atoms with E-state index in [0.29, 0.717) is 16.8 Å². The Bertz CT molecular complexity index is 989. The molecule has 1 atom stereocenters. The summed E-state index contributed by atoms with van der Waals surface area (Å²) >= 11 is 8.17. The van der Waals surface area contributed by atoms with E-state index >= 15 is 0 Å². The SMILES string of the molecule is C[C@H](CO[Si](C)(C)C(C)(C)C)Nc1cc(N)c(C(=O)Nc2ccc(OC(F)(F)Cl)cc2)c(Br)c1. The number of ether oxygens (including phenoxy) is 1. The van der Waals surface area contributed by atoms with Crippen molar-refractivity contribution in [1.29, 1.82) is 0 Å². The first kappa shape index (κ1) is 28.4. The molecule has 0 heterocycles. The summed E-state index contributed by atoms with van der Waals surface area (Å²) in [5.74, 6) is -0.595. The maximum Gasteiger partial charge on any atom is 0.487 e. The number of anilines is 3. The minimum atomic E-state index is -3.81. The molecular formula is C23H31BrClF2N3O3Si. The van der Waals surface area contributed by atoms with Crippen molar-refractivity contribution < 1.29 is 22.7 Å². The third-order valence-corrected chi connectivity index (χ3v) is 10.8. The number of carbonyl (C=O) groups excluding carboxylic acids is 1. The number of halogens is 4. The van der Waals surface area contributed by atoms with Crippen molar-refractivity contribution in [2.75, 3.05) is 23.0 Å². The highest BCUT2D eigenvalue weighted by molar-refractivity contribution is 9.10. The zero-order valence-corrected chi connectivity index (χ0v) is 23.4. The van der Waals surface area contributed by atoms with E-state index in [9.17, 15) is 13.6 Å². The fourth-order valence-corrected chi connectivity index (χ4v) is 4.60. The molecule has 0 aromatic heterocycles. The van der Waals surface area contributed by atoms with Crippen LogP contribution in [0.1, 0.15) is 38.1 Å². The van der Waals surface area contributed by atoms with Gasteiger partial charge in [-0.2, -0.15) is 0 Å². The maximum absolute atomic E-state index is 12.8. The van der Waals surface area contributed by atoms with E-state index < -0.39 is 19.8 Å². The lowest BCUT2D eigenvalue weighted by atomic mass is 10.1. The van der Waals surface area contributed by atoms with Crippen LogP contribution in [0.15, 0.2) is 40.9 Å². The first-order valence-corrected chi connectivity index (χ1v) is 14.7. The molecule has 4 N–H and O–H groups in total. The average molecular weight is 579 g/mol. The molecule has 34 heavy (non-hydrogen) atoms. The molecule has 0 saturated carbocycles. The van der Waals surface area contributed by atoms with Gasteiger partial charge < -0.3 is 25.5 Å². The van der Waals surface area contributed by atoms with Crippen LogP contribution in [0.25, 0.3) is 0 Å². The van der Waals surface area contributed by atoms with Gasteiger partial charge in [0.1, 0.15) is 5.75 Å². The van der Waals surface area contributed by atoms with Crippen molar-refractivity contribution in [3.8, 4) is 5.75 Å². The number of nitrogen functional groups attached to an aromatic ring is 1. The third-order valence-electron chi connectivity index (χ3n) is 5.61. The summed E-state index contributed by atoms with van der Waals surface area (Å²) in [4.78, 5) is 12.8. The number of amides is 1. The average Bonchev–Trinajstić information content (AvgIpc) is 2.65. The monoisotopic (exact) mass is 577 g/mol. The molecule has 0 bridgehead atoms. The smallest absolute Gasteiger partial charge is 0.420 e. The Balaban J connectivity index is 2.05. The van der Waals surface area contributed by atoms with Crippen LogP contribution in [-0.2, 0) is 4.43 Å². The minimum absolute atomic E-state index is 0.0289. The lowest BCUT2D eigenvalue weighted by molar-refractivity contribution is -0.0964. The zero-order chi connectivity index (χ0) is 25.9. The second-order valence-electron chi connectivity index (χ2n) is 9.57. The Kier molecular flexibility index (Phi) is 9.01. The predicted octanol–water partition coefficient (Wildman–Crippen LogP) is 7.27. The Labute approximate surface area is 213 Å². The quantitative estimate of drug-likeness (QED) is 0.165. The van der Waals surface area contributed by atoms with Crippen LogP contribution in [0.5, 0.6) is 5.75 Å². The summed E-state index contributed by atoms with van der Waals surface area (Å²) in [6.45, 7) is 13.6. The summed E-state index contributed by atoms with van der Waals surface area (Å²) in [7, 11) is -1.86. The summed E-state index contributed by atoms with van der Waals surface area (Å²) in [5, 5.41) is 6.16. The Morgan fingerprint density at radius 1 is 1.18 bits per heavy atom. The van der Waals surface area contributed by atoms with Crippen molar-refractivity contribution in [3.05, 3.63) is 46.4 Å². The molecular weight excluding hydrogens is 548 g/mol. The van der Waals surface area contributed by atoms with Gasteiger partial charge in [0, 0.05) is 39.2 Å². The van der Waals surface area contributed by atoms with E-state index in [1.165, 1.54) is 24.3 Å². The van der Waals surface area contributed by atoms with Gasteiger partial charge in [-0.05, 0) is 77.4 Å². The number of nitrogens with two attached hydrogens (primary N) is 1. The van der Waals surface area contributed by atoms with Crippen molar-refractivity contribution in [2.24, 2.45) is 0 Å². The Morgan fingerprint density at radius 2 is 1.76 bits per heavy atom. The first-order chi connectivity index (χ1) is 15.5. The van der Waals surface area contributed by atoms with Gasteiger partial charge in [-0.3, -0.25) is 4.79 Å². The van der Waals surface area contributed by atoms with Crippen LogP contribution in [0.3, 0.4) is 0 Å². The number of alkyl halides is 3. The van der Waals surface area contributed by atoms with Crippen molar-refractivity contribution >= 4 is 58.8 Å². The number of nitrogens with one attached hydrogen (secondary N) is 2. The second-order valence-corrected chi connectivity index (χ2v) is 15.7. The zero-order valence-electron chi connectivity index (χ0n) is 20.1. The number of rotatable bonds is 9. The predicted molar refractivity (Wildman–Crippen MR) is 141 cm³/mol. The molecule has 0 fully saturated rings. The van der Waals surface area contributed by atoms with Gasteiger partial charge in [-0.15, -0.1) is 8.78 Å². The van der Waals surface area contributed by atoms with E-state index in [2.05, 4.69) is 65.2 Å². The topological polar surface area (TPSA) is 85.6 Å². The van der Waals surface area contributed by atoms with Crippen LogP contribution in [0, 0.1) is 0 Å². The van der Waals surface area contributed by atoms with Gasteiger partial charge in [-0.25, -0.2) is 0 Å². The minimum Gasteiger partial charge on any atom is -0.420 e. The fourth-order valence-electron chi connectivity index (χ4n) is 2.76. The molecule has 0 aliphatic rings. The van der Waals surface area contributed by atoms with Crippen LogP contribution in [-0.4, -0.2) is 32.4 Å². The number of hydrogen-bond donors (Lipinski definition) is 3. The highest BCUT2D eigenvalue weighted by Gasteiger charge is 2.37. The Morgan fingerprint density at radius 3 is 2.26 bits per heavy atom. The van der Waals surface area contributed by atoms with Gasteiger partial charge in [0.25, 0.3) is 5.91 Å². The lowest BCUT2D eigenvalue weighted by Crippen LogP contribution is -2.43.